The Morgan fingerprint density at radius 3 is 2.38 bits per heavy atom. The number of nitrogens with zero attached hydrogens (tertiary/aromatic N) is 2. The summed E-state index contributed by atoms with van der Waals surface area (Å²) in [5.41, 5.74) is 0.0546. The Morgan fingerprint density at radius 1 is 1.15 bits per heavy atom. The van der Waals surface area contributed by atoms with Gasteiger partial charge in [0.1, 0.15) is 0 Å². The zero-order valence-corrected chi connectivity index (χ0v) is 14.3. The van der Waals surface area contributed by atoms with Crippen molar-refractivity contribution in [3.63, 3.8) is 0 Å². The number of amides is 1. The van der Waals surface area contributed by atoms with E-state index in [1.807, 2.05) is 0 Å². The number of sulfonamides is 1. The summed E-state index contributed by atoms with van der Waals surface area (Å²) >= 11 is 0. The van der Waals surface area contributed by atoms with E-state index in [0.29, 0.717) is 9.87 Å². The van der Waals surface area contributed by atoms with Crippen molar-refractivity contribution < 1.29 is 18.1 Å². The number of carbonyl (C=O) groups is 1. The minimum atomic E-state index is -4.49. The molecule has 0 aliphatic rings. The summed E-state index contributed by atoms with van der Waals surface area (Å²) in [4.78, 5) is 22.1. The molecule has 2 aromatic rings. The molecular weight excluding hydrogens is 356 g/mol. The van der Waals surface area contributed by atoms with Crippen LogP contribution in [0.2, 0.25) is 0 Å². The van der Waals surface area contributed by atoms with Gasteiger partial charge < -0.3 is 0 Å². The largest absolute Gasteiger partial charge is 0.289 e. The predicted octanol–water partition coefficient (Wildman–Crippen LogP) is 2.46. The molecule has 0 fully saturated rings. The number of rotatable bonds is 6. The summed E-state index contributed by atoms with van der Waals surface area (Å²) in [7, 11) is -4.49. The average Bonchev–Trinajstić information content (AvgIpc) is 2.64. The van der Waals surface area contributed by atoms with Gasteiger partial charge in [0.05, 0.1) is 11.5 Å². The summed E-state index contributed by atoms with van der Waals surface area (Å²) in [6.45, 7) is -0.549. The van der Waals surface area contributed by atoms with E-state index in [1.165, 1.54) is 18.2 Å². The SMILES string of the molecule is C#CCN(C(=O)/C=C/c1ccccc1)S(=O)(=O)c1ccccc1[N+](=O)[O-]. The van der Waals surface area contributed by atoms with Crippen LogP contribution < -0.4 is 0 Å². The van der Waals surface area contributed by atoms with E-state index in [9.17, 15) is 23.3 Å². The standard InChI is InChI=1S/C18H14N2O5S/c1-2-14-19(18(21)13-12-15-8-4-3-5-9-15)26(24,25)17-11-7-6-10-16(17)20(22)23/h1,3-13H,14H2/b13-12+. The maximum Gasteiger partial charge on any atom is 0.289 e. The quantitative estimate of drug-likeness (QED) is 0.337. The lowest BCUT2D eigenvalue weighted by molar-refractivity contribution is -0.387. The minimum Gasteiger partial charge on any atom is -0.269 e. The molecule has 0 aliphatic heterocycles. The molecule has 0 unspecified atom stereocenters. The zero-order valence-electron chi connectivity index (χ0n) is 13.5. The van der Waals surface area contributed by atoms with E-state index in [0.717, 1.165) is 18.2 Å². The van der Waals surface area contributed by atoms with Crippen molar-refractivity contribution >= 4 is 27.7 Å². The van der Waals surface area contributed by atoms with Gasteiger partial charge in [-0.05, 0) is 17.7 Å². The Kier molecular flexibility index (Phi) is 5.88. The van der Waals surface area contributed by atoms with Gasteiger partial charge in [-0.2, -0.15) is 0 Å². The molecule has 0 radical (unpaired) electrons. The third-order valence-electron chi connectivity index (χ3n) is 3.33. The highest BCUT2D eigenvalue weighted by atomic mass is 32.2. The first kappa shape index (κ1) is 18.9. The molecular formula is C18H14N2O5S. The molecule has 0 aromatic heterocycles. The summed E-state index contributed by atoms with van der Waals surface area (Å²) in [5, 5.41) is 11.1. The first-order chi connectivity index (χ1) is 12.4. The van der Waals surface area contributed by atoms with Gasteiger partial charge in [-0.15, -0.1) is 6.42 Å². The number of nitro groups is 1. The predicted molar refractivity (Wildman–Crippen MR) is 96.3 cm³/mol. The first-order valence-electron chi connectivity index (χ1n) is 7.34. The van der Waals surface area contributed by atoms with Gasteiger partial charge in [-0.3, -0.25) is 14.9 Å². The van der Waals surface area contributed by atoms with E-state index >= 15 is 0 Å². The summed E-state index contributed by atoms with van der Waals surface area (Å²) in [5.74, 6) is 1.20. The van der Waals surface area contributed by atoms with Gasteiger partial charge in [-0.1, -0.05) is 48.4 Å². The number of hydrogen-bond acceptors (Lipinski definition) is 5. The molecule has 26 heavy (non-hydrogen) atoms. The van der Waals surface area contributed by atoms with Crippen LogP contribution in [0.3, 0.4) is 0 Å². The normalized spacial score (nSPS) is 11.0. The number of terminal acetylenes is 1. The maximum absolute atomic E-state index is 12.8. The molecule has 0 bridgehead atoms. The minimum absolute atomic E-state index is 0.425. The number of hydrogen-bond donors (Lipinski definition) is 0. The molecule has 0 N–H and O–H groups in total. The van der Waals surface area contributed by atoms with Gasteiger partial charge in [0.25, 0.3) is 21.6 Å². The number of nitro benzene ring substituents is 1. The molecule has 2 rings (SSSR count). The molecule has 7 nitrogen and oxygen atoms in total. The zero-order chi connectivity index (χ0) is 19.2. The van der Waals surface area contributed by atoms with Gasteiger partial charge >= 0.3 is 0 Å². The van der Waals surface area contributed by atoms with Gasteiger partial charge in [0, 0.05) is 12.1 Å². The van der Waals surface area contributed by atoms with E-state index in [1.54, 1.807) is 30.3 Å². The molecule has 0 spiro atoms. The van der Waals surface area contributed by atoms with Gasteiger partial charge in [0.2, 0.25) is 0 Å². The van der Waals surface area contributed by atoms with E-state index in [2.05, 4.69) is 5.92 Å². The van der Waals surface area contributed by atoms with Crippen molar-refractivity contribution in [2.24, 2.45) is 0 Å². The fourth-order valence-corrected chi connectivity index (χ4v) is 3.56. The lowest BCUT2D eigenvalue weighted by Gasteiger charge is -2.18. The van der Waals surface area contributed by atoms with E-state index < -0.39 is 38.0 Å². The molecule has 8 heteroatoms. The highest BCUT2D eigenvalue weighted by molar-refractivity contribution is 7.89. The Labute approximate surface area is 150 Å². The third-order valence-corrected chi connectivity index (χ3v) is 5.12. The van der Waals surface area contributed by atoms with Gasteiger partial charge in [0.15, 0.2) is 4.90 Å². The molecule has 132 valence electrons. The number of carbonyl (C=O) groups excluding carboxylic acids is 1. The topological polar surface area (TPSA) is 97.6 Å². The molecule has 0 saturated carbocycles. The van der Waals surface area contributed by atoms with Crippen LogP contribution in [0.15, 0.2) is 65.6 Å². The Balaban J connectivity index is 2.43. The monoisotopic (exact) mass is 370 g/mol. The molecule has 0 saturated heterocycles. The second kappa shape index (κ2) is 8.09. The van der Waals surface area contributed by atoms with Crippen LogP contribution in [-0.4, -0.2) is 30.1 Å². The van der Waals surface area contributed by atoms with E-state index in [-0.39, 0.29) is 0 Å². The highest BCUT2D eigenvalue weighted by Crippen LogP contribution is 2.26. The van der Waals surface area contributed by atoms with Crippen molar-refractivity contribution in [2.75, 3.05) is 6.54 Å². The van der Waals surface area contributed by atoms with Crippen LogP contribution in [0.1, 0.15) is 5.56 Å². The summed E-state index contributed by atoms with van der Waals surface area (Å²) in [6, 6.07) is 13.5. The summed E-state index contributed by atoms with van der Waals surface area (Å²) in [6.07, 6.45) is 7.67. The van der Waals surface area contributed by atoms with Crippen molar-refractivity contribution in [2.45, 2.75) is 4.90 Å². The molecule has 1 amide bonds. The fourth-order valence-electron chi connectivity index (χ4n) is 2.12. The van der Waals surface area contributed by atoms with Crippen LogP contribution in [0.5, 0.6) is 0 Å². The molecule has 0 atom stereocenters. The second-order valence-corrected chi connectivity index (χ2v) is 6.85. The summed E-state index contributed by atoms with van der Waals surface area (Å²) < 4.78 is 26.0. The number of para-hydroxylation sites is 1. The lowest BCUT2D eigenvalue weighted by Crippen LogP contribution is -2.36. The van der Waals surface area contributed by atoms with E-state index in [4.69, 9.17) is 6.42 Å². The molecule has 2 aromatic carbocycles. The second-order valence-electron chi connectivity index (χ2n) is 5.02. The first-order valence-corrected chi connectivity index (χ1v) is 8.78. The van der Waals surface area contributed by atoms with Crippen molar-refractivity contribution in [1.29, 1.82) is 0 Å². The molecule has 0 heterocycles. The van der Waals surface area contributed by atoms with Crippen molar-refractivity contribution in [3.8, 4) is 12.3 Å². The van der Waals surface area contributed by atoms with Crippen LogP contribution in [0.4, 0.5) is 5.69 Å². The molecule has 0 aliphatic carbocycles. The van der Waals surface area contributed by atoms with Crippen LogP contribution in [0.25, 0.3) is 6.08 Å². The highest BCUT2D eigenvalue weighted by Gasteiger charge is 2.33. The van der Waals surface area contributed by atoms with Gasteiger partial charge in [-0.25, -0.2) is 12.7 Å². The Bertz CT molecular complexity index is 992. The van der Waals surface area contributed by atoms with Crippen LogP contribution in [-0.2, 0) is 14.8 Å². The lowest BCUT2D eigenvalue weighted by atomic mass is 10.2. The van der Waals surface area contributed by atoms with Crippen LogP contribution in [0, 0.1) is 22.5 Å². The van der Waals surface area contributed by atoms with Crippen LogP contribution >= 0.6 is 0 Å². The maximum atomic E-state index is 12.8. The third kappa shape index (κ3) is 4.15. The van der Waals surface area contributed by atoms with Crippen molar-refractivity contribution in [3.05, 3.63) is 76.4 Å². The fraction of sp³-hybridized carbons (Fsp3) is 0.0556. The Hall–Kier alpha value is -3.44. The smallest absolute Gasteiger partial charge is 0.269 e. The van der Waals surface area contributed by atoms with Crippen molar-refractivity contribution in [1.82, 2.24) is 4.31 Å². The number of benzene rings is 2. The average molecular weight is 370 g/mol. The Morgan fingerprint density at radius 2 is 1.77 bits per heavy atom.